The van der Waals surface area contributed by atoms with Gasteiger partial charge in [0.15, 0.2) is 0 Å². The first-order valence-electron chi connectivity index (χ1n) is 4.88. The number of nitrogens with one attached hydrogen (secondary N) is 1. The van der Waals surface area contributed by atoms with Crippen LogP contribution in [0.1, 0.15) is 13.8 Å². The lowest BCUT2D eigenvalue weighted by Crippen LogP contribution is -2.38. The number of nitrogens with two attached hydrogens (primary N) is 1. The fourth-order valence-electron chi connectivity index (χ4n) is 0.952. The summed E-state index contributed by atoms with van der Waals surface area (Å²) < 4.78 is 0. The Kier molecular flexibility index (Phi) is 8.12. The second kappa shape index (κ2) is 8.55. The lowest BCUT2D eigenvalue weighted by molar-refractivity contribution is -0.138. The van der Waals surface area contributed by atoms with E-state index in [0.717, 1.165) is 5.75 Å². The molecule has 6 heteroatoms. The molecule has 0 rings (SSSR count). The molecule has 0 aromatic rings. The van der Waals surface area contributed by atoms with Gasteiger partial charge in [0.05, 0.1) is 5.84 Å². The van der Waals surface area contributed by atoms with Gasteiger partial charge in [0, 0.05) is 18.1 Å². The Morgan fingerprint density at radius 2 is 2.33 bits per heavy atom. The molecular weight excluding hydrogens is 214 g/mol. The maximum Gasteiger partial charge on any atom is 0.321 e. The Labute approximate surface area is 94.5 Å². The molecule has 0 aromatic heterocycles. The average Bonchev–Trinajstić information content (AvgIpc) is 2.15. The number of carbonyl (C=O) groups is 1. The molecule has 0 aromatic carbocycles. The van der Waals surface area contributed by atoms with Crippen LogP contribution in [0.15, 0.2) is 4.99 Å². The van der Waals surface area contributed by atoms with E-state index in [1.54, 1.807) is 18.7 Å². The van der Waals surface area contributed by atoms with E-state index in [2.05, 4.69) is 10.3 Å². The van der Waals surface area contributed by atoms with E-state index in [1.165, 1.54) is 0 Å². The third-order valence-electron chi connectivity index (χ3n) is 1.63. The molecule has 0 heterocycles. The van der Waals surface area contributed by atoms with E-state index in [-0.39, 0.29) is 0 Å². The Bertz CT molecular complexity index is 217. The SMILES string of the molecule is CCN[C@@H](CSCCN=C(C)N)C(=O)O. The minimum absolute atomic E-state index is 0.469. The zero-order valence-corrected chi connectivity index (χ0v) is 10.0. The van der Waals surface area contributed by atoms with Gasteiger partial charge in [0.1, 0.15) is 6.04 Å². The van der Waals surface area contributed by atoms with E-state index in [1.807, 2.05) is 6.92 Å². The number of amidine groups is 1. The minimum Gasteiger partial charge on any atom is -0.480 e. The molecule has 0 aliphatic carbocycles. The molecule has 0 aliphatic heterocycles. The van der Waals surface area contributed by atoms with Crippen molar-refractivity contribution in [3.63, 3.8) is 0 Å². The predicted molar refractivity (Wildman–Crippen MR) is 64.6 cm³/mol. The second-order valence-corrected chi connectivity index (χ2v) is 4.20. The molecule has 0 unspecified atom stereocenters. The Morgan fingerprint density at radius 3 is 2.80 bits per heavy atom. The van der Waals surface area contributed by atoms with Crippen molar-refractivity contribution in [2.24, 2.45) is 10.7 Å². The fourth-order valence-corrected chi connectivity index (χ4v) is 1.83. The van der Waals surface area contributed by atoms with Gasteiger partial charge in [0.25, 0.3) is 0 Å². The highest BCUT2D eigenvalue weighted by Crippen LogP contribution is 2.03. The van der Waals surface area contributed by atoms with E-state index in [9.17, 15) is 4.79 Å². The van der Waals surface area contributed by atoms with Crippen LogP contribution in [0.5, 0.6) is 0 Å². The van der Waals surface area contributed by atoms with E-state index >= 15 is 0 Å². The van der Waals surface area contributed by atoms with Crippen LogP contribution in [0, 0.1) is 0 Å². The van der Waals surface area contributed by atoms with Crippen LogP contribution in [0.3, 0.4) is 0 Å². The number of thioether (sulfide) groups is 1. The summed E-state index contributed by atoms with van der Waals surface area (Å²) in [6.45, 7) is 4.94. The van der Waals surface area contributed by atoms with E-state index in [0.29, 0.717) is 24.7 Å². The zero-order chi connectivity index (χ0) is 11.7. The molecule has 0 fully saturated rings. The smallest absolute Gasteiger partial charge is 0.321 e. The molecular formula is C9H19N3O2S. The van der Waals surface area contributed by atoms with Crippen LogP contribution in [0.25, 0.3) is 0 Å². The standard InChI is InChI=1S/C9H19N3O2S/c1-3-11-8(9(13)14)6-15-5-4-12-7(2)10/h8,11H,3-6H2,1-2H3,(H2,10,12)(H,13,14)/t8-/m0/s1. The summed E-state index contributed by atoms with van der Waals surface area (Å²) in [5.41, 5.74) is 5.36. The van der Waals surface area contributed by atoms with Crippen molar-refractivity contribution in [1.29, 1.82) is 0 Å². The molecule has 0 spiro atoms. The summed E-state index contributed by atoms with van der Waals surface area (Å²) in [6, 6.07) is -0.469. The van der Waals surface area contributed by atoms with Crippen molar-refractivity contribution in [3.8, 4) is 0 Å². The summed E-state index contributed by atoms with van der Waals surface area (Å²) in [6.07, 6.45) is 0. The van der Waals surface area contributed by atoms with Gasteiger partial charge >= 0.3 is 5.97 Å². The van der Waals surface area contributed by atoms with Crippen LogP contribution < -0.4 is 11.1 Å². The zero-order valence-electron chi connectivity index (χ0n) is 9.19. The van der Waals surface area contributed by atoms with Crippen molar-refractivity contribution >= 4 is 23.6 Å². The second-order valence-electron chi connectivity index (χ2n) is 3.05. The molecule has 0 aliphatic rings. The third kappa shape index (κ3) is 8.26. The largest absolute Gasteiger partial charge is 0.480 e. The highest BCUT2D eigenvalue weighted by atomic mass is 32.2. The number of carboxylic acid groups (broad SMARTS) is 1. The van der Waals surface area contributed by atoms with Crippen LogP contribution in [-0.2, 0) is 4.79 Å². The molecule has 1 atom stereocenters. The highest BCUT2D eigenvalue weighted by molar-refractivity contribution is 7.99. The van der Waals surface area contributed by atoms with Crippen molar-refractivity contribution < 1.29 is 9.90 Å². The van der Waals surface area contributed by atoms with Gasteiger partial charge in [-0.2, -0.15) is 11.8 Å². The van der Waals surface area contributed by atoms with Gasteiger partial charge in [-0.25, -0.2) is 0 Å². The van der Waals surface area contributed by atoms with Gasteiger partial charge in [-0.1, -0.05) is 6.92 Å². The van der Waals surface area contributed by atoms with E-state index < -0.39 is 12.0 Å². The first kappa shape index (κ1) is 14.2. The summed E-state index contributed by atoms with van der Waals surface area (Å²) in [7, 11) is 0. The first-order chi connectivity index (χ1) is 7.07. The third-order valence-corrected chi connectivity index (χ3v) is 2.67. The van der Waals surface area contributed by atoms with Crippen molar-refractivity contribution in [2.45, 2.75) is 19.9 Å². The average molecular weight is 233 g/mol. The highest BCUT2D eigenvalue weighted by Gasteiger charge is 2.14. The van der Waals surface area contributed by atoms with Crippen LogP contribution in [-0.4, -0.2) is 47.5 Å². The topological polar surface area (TPSA) is 87.7 Å². The fraction of sp³-hybridized carbons (Fsp3) is 0.778. The van der Waals surface area contributed by atoms with Gasteiger partial charge in [-0.05, 0) is 13.5 Å². The number of aliphatic carboxylic acids is 1. The number of hydrogen-bond acceptors (Lipinski definition) is 4. The molecule has 5 nitrogen and oxygen atoms in total. The molecule has 0 saturated carbocycles. The number of nitrogens with zero attached hydrogens (tertiary/aromatic N) is 1. The van der Waals surface area contributed by atoms with Crippen molar-refractivity contribution in [3.05, 3.63) is 0 Å². The number of carboxylic acids is 1. The van der Waals surface area contributed by atoms with Gasteiger partial charge in [-0.3, -0.25) is 9.79 Å². The molecule has 0 amide bonds. The maximum absolute atomic E-state index is 10.7. The van der Waals surface area contributed by atoms with Gasteiger partial charge < -0.3 is 16.2 Å². The molecule has 88 valence electrons. The normalized spacial score (nSPS) is 13.9. The summed E-state index contributed by atoms with van der Waals surface area (Å²) in [5, 5.41) is 11.7. The number of likely N-dealkylation sites (N-methyl/N-ethyl adjacent to an activating group) is 1. The summed E-state index contributed by atoms with van der Waals surface area (Å²) in [4.78, 5) is 14.8. The molecule has 0 radical (unpaired) electrons. The molecule has 0 saturated heterocycles. The first-order valence-corrected chi connectivity index (χ1v) is 6.03. The van der Waals surface area contributed by atoms with E-state index in [4.69, 9.17) is 10.8 Å². The Hall–Kier alpha value is -0.750. The quantitative estimate of drug-likeness (QED) is 0.316. The molecule has 15 heavy (non-hydrogen) atoms. The van der Waals surface area contributed by atoms with Gasteiger partial charge in [0.2, 0.25) is 0 Å². The lowest BCUT2D eigenvalue weighted by Gasteiger charge is -2.11. The number of rotatable bonds is 8. The van der Waals surface area contributed by atoms with Crippen LogP contribution in [0.2, 0.25) is 0 Å². The Morgan fingerprint density at radius 1 is 1.67 bits per heavy atom. The number of aliphatic imine (C=N–C) groups is 1. The molecule has 4 N–H and O–H groups in total. The number of hydrogen-bond donors (Lipinski definition) is 3. The van der Waals surface area contributed by atoms with Crippen molar-refractivity contribution in [1.82, 2.24) is 5.32 Å². The maximum atomic E-state index is 10.7. The monoisotopic (exact) mass is 233 g/mol. The summed E-state index contributed by atoms with van der Waals surface area (Å²) >= 11 is 1.57. The van der Waals surface area contributed by atoms with Crippen LogP contribution in [0.4, 0.5) is 0 Å². The Balaban J connectivity index is 3.62. The van der Waals surface area contributed by atoms with Crippen molar-refractivity contribution in [2.75, 3.05) is 24.6 Å². The van der Waals surface area contributed by atoms with Crippen LogP contribution >= 0.6 is 11.8 Å². The molecule has 0 bridgehead atoms. The summed E-state index contributed by atoms with van der Waals surface area (Å²) in [5.74, 6) is 1.12. The van der Waals surface area contributed by atoms with Gasteiger partial charge in [-0.15, -0.1) is 0 Å². The lowest BCUT2D eigenvalue weighted by atomic mass is 10.3. The predicted octanol–water partition coefficient (Wildman–Crippen LogP) is 0.159. The minimum atomic E-state index is -0.803.